The topological polar surface area (TPSA) is 122 Å². The van der Waals surface area contributed by atoms with Crippen LogP contribution in [-0.4, -0.2) is 47.2 Å². The number of carbonyl (C=O) groups is 3. The molecule has 2 aromatic carbocycles. The summed E-state index contributed by atoms with van der Waals surface area (Å²) in [5.74, 6) is -2.75. The smallest absolute Gasteiger partial charge is 0.271 e. The Morgan fingerprint density at radius 2 is 1.97 bits per heavy atom. The maximum atomic E-state index is 14.1. The maximum absolute atomic E-state index is 14.1. The third-order valence-corrected chi connectivity index (χ3v) is 8.08. The van der Waals surface area contributed by atoms with Gasteiger partial charge in [0, 0.05) is 29.4 Å². The van der Waals surface area contributed by atoms with Gasteiger partial charge in [0.2, 0.25) is 17.7 Å². The van der Waals surface area contributed by atoms with Gasteiger partial charge in [-0.2, -0.15) is 0 Å². The molecule has 35 heavy (non-hydrogen) atoms. The molecule has 0 radical (unpaired) electrons. The average molecular weight is 476 g/mol. The molecule has 3 fully saturated rings. The van der Waals surface area contributed by atoms with Crippen LogP contribution in [0.4, 0.5) is 17.1 Å². The first-order valence-corrected chi connectivity index (χ1v) is 11.8. The van der Waals surface area contributed by atoms with Crippen LogP contribution in [0.5, 0.6) is 5.75 Å². The zero-order chi connectivity index (χ0) is 24.6. The number of benzene rings is 2. The van der Waals surface area contributed by atoms with E-state index in [1.807, 2.05) is 25.1 Å². The third-order valence-electron chi connectivity index (χ3n) is 8.08. The van der Waals surface area contributed by atoms with Crippen LogP contribution in [0, 0.1) is 22.0 Å². The summed E-state index contributed by atoms with van der Waals surface area (Å²) in [6.07, 6.45) is 2.27. The fourth-order valence-electron chi connectivity index (χ4n) is 6.67. The number of aryl methyl sites for hydroxylation is 1. The van der Waals surface area contributed by atoms with Crippen LogP contribution in [-0.2, 0) is 26.3 Å². The second kappa shape index (κ2) is 7.35. The number of anilines is 2. The number of rotatable bonds is 4. The molecule has 6 rings (SSSR count). The molecule has 4 atom stereocenters. The summed E-state index contributed by atoms with van der Waals surface area (Å²) in [6.45, 7) is 2.64. The Labute approximate surface area is 201 Å². The number of nitro benzene ring substituents is 1. The lowest BCUT2D eigenvalue weighted by atomic mass is 9.75. The van der Waals surface area contributed by atoms with E-state index in [0.717, 1.165) is 28.9 Å². The SMILES string of the molecule is CCc1ccc2c(c1)[C@]1(C(=O)N2)[C@@H]2C(=O)N(c3cc([N+](=O)[O-])ccc3OC)C(=O)[C@H]2[C@@H]2CCCN21. The van der Waals surface area contributed by atoms with Crippen molar-refractivity contribution >= 4 is 34.8 Å². The van der Waals surface area contributed by atoms with Gasteiger partial charge >= 0.3 is 0 Å². The molecule has 4 aliphatic rings. The van der Waals surface area contributed by atoms with E-state index in [1.165, 1.54) is 25.3 Å². The number of imide groups is 1. The Morgan fingerprint density at radius 1 is 1.17 bits per heavy atom. The summed E-state index contributed by atoms with van der Waals surface area (Å²) in [6, 6.07) is 9.35. The number of nitrogens with one attached hydrogen (secondary N) is 1. The van der Waals surface area contributed by atoms with Crippen molar-refractivity contribution in [2.45, 2.75) is 37.8 Å². The van der Waals surface area contributed by atoms with Crippen molar-refractivity contribution in [3.63, 3.8) is 0 Å². The van der Waals surface area contributed by atoms with Gasteiger partial charge in [-0.1, -0.05) is 19.1 Å². The van der Waals surface area contributed by atoms with E-state index in [2.05, 4.69) is 10.2 Å². The number of hydrogen-bond acceptors (Lipinski definition) is 7. The molecule has 0 unspecified atom stereocenters. The van der Waals surface area contributed by atoms with Crippen LogP contribution in [0.2, 0.25) is 0 Å². The van der Waals surface area contributed by atoms with Crippen molar-refractivity contribution in [2.75, 3.05) is 23.9 Å². The lowest BCUT2D eigenvalue weighted by Crippen LogP contribution is -2.54. The standard InChI is InChI=1S/C25H24N4O6/c1-3-13-6-8-16-15(11-13)25(24(32)26-16)21-20(17-5-4-10-27(17)25)22(30)28(23(21)31)18-12-14(29(33)34)7-9-19(18)35-2/h6-9,11-12,17,20-21H,3-5,10H2,1-2H3,(H,26,32)/t17-,20-,21-,25+/m0/s1. The van der Waals surface area contributed by atoms with Crippen molar-refractivity contribution in [3.8, 4) is 5.75 Å². The molecular formula is C25H24N4O6. The zero-order valence-corrected chi connectivity index (χ0v) is 19.3. The number of ether oxygens (including phenoxy) is 1. The minimum absolute atomic E-state index is 0.0340. The van der Waals surface area contributed by atoms with Gasteiger partial charge in [-0.05, 0) is 43.5 Å². The predicted octanol–water partition coefficient (Wildman–Crippen LogP) is 2.60. The predicted molar refractivity (Wildman–Crippen MR) is 125 cm³/mol. The molecular weight excluding hydrogens is 452 g/mol. The van der Waals surface area contributed by atoms with Gasteiger partial charge in [-0.15, -0.1) is 0 Å². The minimum atomic E-state index is -1.29. The summed E-state index contributed by atoms with van der Waals surface area (Å²) in [4.78, 5) is 55.7. The van der Waals surface area contributed by atoms with Gasteiger partial charge in [-0.3, -0.25) is 29.4 Å². The van der Waals surface area contributed by atoms with Crippen LogP contribution in [0.25, 0.3) is 0 Å². The van der Waals surface area contributed by atoms with Gasteiger partial charge in [0.1, 0.15) is 17.0 Å². The Kier molecular flexibility index (Phi) is 4.56. The number of methoxy groups -OCH3 is 1. The van der Waals surface area contributed by atoms with Gasteiger partial charge in [0.25, 0.3) is 5.69 Å². The number of nitrogens with zero attached hydrogens (tertiary/aromatic N) is 3. The van der Waals surface area contributed by atoms with Crippen molar-refractivity contribution in [1.82, 2.24) is 4.90 Å². The number of carbonyl (C=O) groups excluding carboxylic acids is 3. The van der Waals surface area contributed by atoms with E-state index in [0.29, 0.717) is 18.7 Å². The lowest BCUT2D eigenvalue weighted by molar-refractivity contribution is -0.384. The molecule has 1 N–H and O–H groups in total. The number of nitro groups is 1. The van der Waals surface area contributed by atoms with Gasteiger partial charge in [-0.25, -0.2) is 4.90 Å². The normalized spacial score (nSPS) is 28.9. The molecule has 2 aromatic rings. The second-order valence-electron chi connectivity index (χ2n) is 9.49. The van der Waals surface area contributed by atoms with Crippen molar-refractivity contribution in [2.24, 2.45) is 11.8 Å². The van der Waals surface area contributed by atoms with E-state index in [9.17, 15) is 24.5 Å². The summed E-state index contributed by atoms with van der Waals surface area (Å²) < 4.78 is 5.36. The monoisotopic (exact) mass is 476 g/mol. The fraction of sp³-hybridized carbons (Fsp3) is 0.400. The summed E-state index contributed by atoms with van der Waals surface area (Å²) in [5, 5.41) is 14.4. The number of amides is 3. The number of hydrogen-bond donors (Lipinski definition) is 1. The quantitative estimate of drug-likeness (QED) is 0.409. The first kappa shape index (κ1) is 21.7. The molecule has 0 aromatic heterocycles. The molecule has 0 saturated carbocycles. The van der Waals surface area contributed by atoms with E-state index in [4.69, 9.17) is 4.74 Å². The van der Waals surface area contributed by atoms with Crippen molar-refractivity contribution in [3.05, 3.63) is 57.6 Å². The lowest BCUT2D eigenvalue weighted by Gasteiger charge is -2.36. The highest BCUT2D eigenvalue weighted by molar-refractivity contribution is 6.26. The third kappa shape index (κ3) is 2.60. The molecule has 3 saturated heterocycles. The molecule has 10 nitrogen and oxygen atoms in total. The molecule has 4 heterocycles. The zero-order valence-electron chi connectivity index (χ0n) is 19.3. The molecule has 3 amide bonds. The van der Waals surface area contributed by atoms with Gasteiger partial charge < -0.3 is 10.1 Å². The number of fused-ring (bicyclic) bond motifs is 7. The summed E-state index contributed by atoms with van der Waals surface area (Å²) in [5.41, 5.74) is 0.911. The molecule has 1 spiro atoms. The van der Waals surface area contributed by atoms with E-state index in [-0.39, 0.29) is 29.1 Å². The van der Waals surface area contributed by atoms with E-state index < -0.39 is 34.1 Å². The fourth-order valence-corrected chi connectivity index (χ4v) is 6.67. The maximum Gasteiger partial charge on any atom is 0.271 e. The molecule has 180 valence electrons. The van der Waals surface area contributed by atoms with Crippen LogP contribution in [0.1, 0.15) is 30.9 Å². The first-order chi connectivity index (χ1) is 16.8. The van der Waals surface area contributed by atoms with Gasteiger partial charge in [0.15, 0.2) is 0 Å². The highest BCUT2D eigenvalue weighted by Crippen LogP contribution is 2.61. The van der Waals surface area contributed by atoms with Crippen LogP contribution in [0.3, 0.4) is 0 Å². The highest BCUT2D eigenvalue weighted by Gasteiger charge is 2.74. The Hall–Kier alpha value is -3.79. The molecule has 10 heteroatoms. The van der Waals surface area contributed by atoms with E-state index in [1.54, 1.807) is 0 Å². The average Bonchev–Trinajstić information content (AvgIpc) is 3.56. The highest BCUT2D eigenvalue weighted by atomic mass is 16.6. The van der Waals surface area contributed by atoms with Crippen LogP contribution in [0.15, 0.2) is 36.4 Å². The van der Waals surface area contributed by atoms with E-state index >= 15 is 0 Å². The molecule has 0 aliphatic carbocycles. The molecule has 4 aliphatic heterocycles. The second-order valence-corrected chi connectivity index (χ2v) is 9.49. The summed E-state index contributed by atoms with van der Waals surface area (Å²) in [7, 11) is 1.38. The van der Waals surface area contributed by atoms with Gasteiger partial charge in [0.05, 0.1) is 23.9 Å². The Bertz CT molecular complexity index is 1330. The van der Waals surface area contributed by atoms with Crippen molar-refractivity contribution < 1.29 is 24.0 Å². The Balaban J connectivity index is 1.55. The molecule has 0 bridgehead atoms. The van der Waals surface area contributed by atoms with Crippen LogP contribution >= 0.6 is 0 Å². The Morgan fingerprint density at radius 3 is 2.69 bits per heavy atom. The minimum Gasteiger partial charge on any atom is -0.495 e. The largest absolute Gasteiger partial charge is 0.495 e. The first-order valence-electron chi connectivity index (χ1n) is 11.8. The van der Waals surface area contributed by atoms with Crippen molar-refractivity contribution in [1.29, 1.82) is 0 Å². The number of non-ortho nitro benzene ring substituents is 1. The van der Waals surface area contributed by atoms with Crippen LogP contribution < -0.4 is 15.0 Å². The summed E-state index contributed by atoms with van der Waals surface area (Å²) >= 11 is 0.